The van der Waals surface area contributed by atoms with Crippen LogP contribution in [0.3, 0.4) is 0 Å². The number of carbonyl (C=O) groups excluding carboxylic acids is 1. The summed E-state index contributed by atoms with van der Waals surface area (Å²) < 4.78 is 43.1. The molecule has 1 N–H and O–H groups in total. The third kappa shape index (κ3) is 5.70. The van der Waals surface area contributed by atoms with Crippen molar-refractivity contribution in [1.29, 1.82) is 0 Å². The first-order valence-electron chi connectivity index (χ1n) is 9.96. The quantitative estimate of drug-likeness (QED) is 0.366. The second kappa shape index (κ2) is 9.22. The van der Waals surface area contributed by atoms with E-state index < -0.39 is 11.7 Å². The van der Waals surface area contributed by atoms with Gasteiger partial charge in [0.25, 0.3) is 5.91 Å². The van der Waals surface area contributed by atoms with Crippen LogP contribution in [0, 0.1) is 6.92 Å². The van der Waals surface area contributed by atoms with E-state index in [0.29, 0.717) is 29.2 Å². The number of amides is 1. The molecule has 10 heteroatoms. The number of anilines is 1. The van der Waals surface area contributed by atoms with E-state index in [1.807, 2.05) is 12.3 Å². The van der Waals surface area contributed by atoms with Crippen LogP contribution >= 0.6 is 15.9 Å². The number of aromatic nitrogens is 4. The van der Waals surface area contributed by atoms with Crippen LogP contribution in [0.15, 0.2) is 71.5 Å². The van der Waals surface area contributed by atoms with Crippen LogP contribution in [0.25, 0.3) is 0 Å². The lowest BCUT2D eigenvalue weighted by atomic mass is 10.1. The molecular formula is C23H19BrF3N5O. The van der Waals surface area contributed by atoms with Crippen molar-refractivity contribution in [3.63, 3.8) is 0 Å². The molecule has 0 bridgehead atoms. The summed E-state index contributed by atoms with van der Waals surface area (Å²) in [6.45, 7) is 2.44. The second-order valence-corrected chi connectivity index (χ2v) is 8.45. The van der Waals surface area contributed by atoms with E-state index in [2.05, 4.69) is 31.4 Å². The Hall–Kier alpha value is -3.40. The van der Waals surface area contributed by atoms with Crippen molar-refractivity contribution in [2.45, 2.75) is 26.2 Å². The van der Waals surface area contributed by atoms with Crippen LogP contribution in [-0.2, 0) is 19.3 Å². The Labute approximate surface area is 196 Å². The average Bonchev–Trinajstić information content (AvgIpc) is 3.32. The highest BCUT2D eigenvalue weighted by atomic mass is 79.9. The summed E-state index contributed by atoms with van der Waals surface area (Å²) in [5.41, 5.74) is 1.83. The Bertz CT molecular complexity index is 1300. The van der Waals surface area contributed by atoms with Gasteiger partial charge in [0, 0.05) is 23.5 Å². The second-order valence-electron chi connectivity index (χ2n) is 7.54. The molecule has 0 aliphatic heterocycles. The molecule has 4 rings (SSSR count). The molecule has 2 heterocycles. The van der Waals surface area contributed by atoms with Crippen LogP contribution in [0.5, 0.6) is 0 Å². The highest BCUT2D eigenvalue weighted by Gasteiger charge is 2.30. The van der Waals surface area contributed by atoms with Gasteiger partial charge in [0.2, 0.25) is 0 Å². The van der Waals surface area contributed by atoms with Crippen molar-refractivity contribution in [3.8, 4) is 0 Å². The predicted octanol–water partition coefficient (Wildman–Crippen LogP) is 5.52. The number of nitrogens with zero attached hydrogens (tertiary/aromatic N) is 4. The maximum Gasteiger partial charge on any atom is 0.416 e. The highest BCUT2D eigenvalue weighted by molar-refractivity contribution is 9.10. The first-order valence-corrected chi connectivity index (χ1v) is 10.8. The van der Waals surface area contributed by atoms with Crippen molar-refractivity contribution in [2.24, 2.45) is 0 Å². The fraction of sp³-hybridized carbons (Fsp3) is 0.174. The maximum absolute atomic E-state index is 13.0. The number of nitrogens with one attached hydrogen (secondary N) is 1. The van der Waals surface area contributed by atoms with Crippen molar-refractivity contribution in [3.05, 3.63) is 99.4 Å². The van der Waals surface area contributed by atoms with Crippen molar-refractivity contribution >= 4 is 27.7 Å². The zero-order chi connectivity index (χ0) is 23.6. The third-order valence-corrected chi connectivity index (χ3v) is 5.35. The largest absolute Gasteiger partial charge is 0.416 e. The maximum atomic E-state index is 13.0. The fourth-order valence-corrected chi connectivity index (χ4v) is 3.69. The molecule has 0 aliphatic carbocycles. The standard InChI is InChI=1S/C23H19BrF3N5O/c1-15-8-21(30-32(15)13-17-5-3-7-19(10-17)23(25,26)27)29-22(33)18-6-2-4-16(9-18)12-31-14-20(24)11-28-31/h2-11,14H,12-13H2,1H3,(H,29,30,33). The van der Waals surface area contributed by atoms with Gasteiger partial charge in [0.1, 0.15) is 0 Å². The number of rotatable bonds is 6. The predicted molar refractivity (Wildman–Crippen MR) is 121 cm³/mol. The topological polar surface area (TPSA) is 64.7 Å². The first-order chi connectivity index (χ1) is 15.7. The van der Waals surface area contributed by atoms with Gasteiger partial charge in [-0.25, -0.2) is 0 Å². The van der Waals surface area contributed by atoms with Gasteiger partial charge in [0.05, 0.1) is 29.3 Å². The normalized spacial score (nSPS) is 11.5. The van der Waals surface area contributed by atoms with Gasteiger partial charge in [0.15, 0.2) is 5.82 Å². The minimum absolute atomic E-state index is 0.153. The number of hydrogen-bond acceptors (Lipinski definition) is 3. The minimum atomic E-state index is -4.41. The molecule has 33 heavy (non-hydrogen) atoms. The summed E-state index contributed by atoms with van der Waals surface area (Å²) in [5.74, 6) is -0.00639. The third-order valence-electron chi connectivity index (χ3n) is 4.94. The molecule has 0 unspecified atom stereocenters. The minimum Gasteiger partial charge on any atom is -0.305 e. The number of carbonyl (C=O) groups is 1. The van der Waals surface area contributed by atoms with Gasteiger partial charge >= 0.3 is 6.18 Å². The number of benzene rings is 2. The smallest absolute Gasteiger partial charge is 0.305 e. The molecule has 170 valence electrons. The van der Waals surface area contributed by atoms with Gasteiger partial charge in [-0.1, -0.05) is 24.3 Å². The lowest BCUT2D eigenvalue weighted by molar-refractivity contribution is -0.137. The lowest BCUT2D eigenvalue weighted by Gasteiger charge is -2.09. The molecule has 0 radical (unpaired) electrons. The highest BCUT2D eigenvalue weighted by Crippen LogP contribution is 2.29. The zero-order valence-electron chi connectivity index (χ0n) is 17.5. The van der Waals surface area contributed by atoms with Crippen LogP contribution in [-0.4, -0.2) is 25.5 Å². The van der Waals surface area contributed by atoms with E-state index in [-0.39, 0.29) is 12.5 Å². The molecule has 0 aliphatic rings. The summed E-state index contributed by atoms with van der Waals surface area (Å²) in [7, 11) is 0. The van der Waals surface area contributed by atoms with Gasteiger partial charge in [-0.3, -0.25) is 14.2 Å². The Morgan fingerprint density at radius 2 is 1.79 bits per heavy atom. The molecule has 2 aromatic heterocycles. The number of alkyl halides is 3. The number of aryl methyl sites for hydroxylation is 1. The van der Waals surface area contributed by atoms with E-state index >= 15 is 0 Å². The van der Waals surface area contributed by atoms with E-state index in [1.165, 1.54) is 6.07 Å². The zero-order valence-corrected chi connectivity index (χ0v) is 19.1. The molecule has 0 saturated heterocycles. The summed E-state index contributed by atoms with van der Waals surface area (Å²) in [4.78, 5) is 12.7. The van der Waals surface area contributed by atoms with Gasteiger partial charge in [-0.2, -0.15) is 23.4 Å². The first kappa shape index (κ1) is 22.8. The lowest BCUT2D eigenvalue weighted by Crippen LogP contribution is -2.13. The molecule has 0 spiro atoms. The van der Waals surface area contributed by atoms with E-state index in [0.717, 1.165) is 22.2 Å². The van der Waals surface area contributed by atoms with Crippen molar-refractivity contribution in [2.75, 3.05) is 5.32 Å². The average molecular weight is 518 g/mol. The van der Waals surface area contributed by atoms with Crippen LogP contribution in [0.2, 0.25) is 0 Å². The Kier molecular flexibility index (Phi) is 6.37. The van der Waals surface area contributed by atoms with Crippen molar-refractivity contribution < 1.29 is 18.0 Å². The molecule has 1 amide bonds. The summed E-state index contributed by atoms with van der Waals surface area (Å²) >= 11 is 3.35. The number of hydrogen-bond donors (Lipinski definition) is 1. The van der Waals surface area contributed by atoms with E-state index in [4.69, 9.17) is 0 Å². The molecular weight excluding hydrogens is 499 g/mol. The summed E-state index contributed by atoms with van der Waals surface area (Å²) in [6.07, 6.45) is -0.877. The summed E-state index contributed by atoms with van der Waals surface area (Å²) in [5, 5.41) is 11.3. The molecule has 4 aromatic rings. The molecule has 2 aromatic carbocycles. The van der Waals surface area contributed by atoms with Gasteiger partial charge < -0.3 is 5.32 Å². The van der Waals surface area contributed by atoms with Gasteiger partial charge in [-0.15, -0.1) is 0 Å². The number of halogens is 4. The summed E-state index contributed by atoms with van der Waals surface area (Å²) in [6, 6.07) is 14.0. The molecule has 0 saturated carbocycles. The molecule has 6 nitrogen and oxygen atoms in total. The van der Waals surface area contributed by atoms with Crippen LogP contribution < -0.4 is 5.32 Å². The van der Waals surface area contributed by atoms with E-state index in [9.17, 15) is 18.0 Å². The Morgan fingerprint density at radius 3 is 2.48 bits per heavy atom. The van der Waals surface area contributed by atoms with Gasteiger partial charge in [-0.05, 0) is 58.2 Å². The van der Waals surface area contributed by atoms with Crippen molar-refractivity contribution in [1.82, 2.24) is 19.6 Å². The van der Waals surface area contributed by atoms with E-state index in [1.54, 1.807) is 52.8 Å². The Morgan fingerprint density at radius 1 is 1.06 bits per heavy atom. The van der Waals surface area contributed by atoms with Crippen LogP contribution in [0.4, 0.5) is 19.0 Å². The molecule has 0 atom stereocenters. The Balaban J connectivity index is 1.46. The monoisotopic (exact) mass is 517 g/mol. The fourth-order valence-electron chi connectivity index (χ4n) is 3.36. The molecule has 0 fully saturated rings. The SMILES string of the molecule is Cc1cc(NC(=O)c2cccc(Cn3cc(Br)cn3)c2)nn1Cc1cccc(C(F)(F)F)c1. The van der Waals surface area contributed by atoms with Crippen LogP contribution in [0.1, 0.15) is 32.7 Å².